The smallest absolute Gasteiger partial charge is 0.252 e. The van der Waals surface area contributed by atoms with Gasteiger partial charge in [-0.15, -0.1) is 5.10 Å². The molecule has 1 saturated heterocycles. The molecule has 3 aromatic rings. The van der Waals surface area contributed by atoms with E-state index in [0.29, 0.717) is 31.4 Å². The van der Waals surface area contributed by atoms with Crippen LogP contribution in [0, 0.1) is 20.8 Å². The number of aryl methyl sites for hydroxylation is 3. The minimum absolute atomic E-state index is 0.0304. The fourth-order valence-electron chi connectivity index (χ4n) is 3.63. The number of fused-ring (bicyclic) bond motifs is 1. The molecule has 9 nitrogen and oxygen atoms in total. The number of morpholine rings is 1. The quantitative estimate of drug-likeness (QED) is 0.670. The number of carbonyl (C=O) groups excluding carboxylic acids is 1. The summed E-state index contributed by atoms with van der Waals surface area (Å²) in [5.41, 5.74) is 1.81. The molecule has 1 aliphatic heterocycles. The molecular formula is C20H26N6O3. The SMILES string of the molecule is Cc1cc(C)n2nc(CC(=O)NCC(c3ccc(C)o3)N3CCOCC3)nc2n1. The topological polar surface area (TPSA) is 97.8 Å². The highest BCUT2D eigenvalue weighted by molar-refractivity contribution is 5.77. The molecule has 29 heavy (non-hydrogen) atoms. The third kappa shape index (κ3) is 4.46. The summed E-state index contributed by atoms with van der Waals surface area (Å²) in [7, 11) is 0. The zero-order valence-corrected chi connectivity index (χ0v) is 17.0. The van der Waals surface area contributed by atoms with Crippen molar-refractivity contribution in [1.29, 1.82) is 0 Å². The molecule has 0 aromatic carbocycles. The predicted octanol–water partition coefficient (Wildman–Crippen LogP) is 1.37. The highest BCUT2D eigenvalue weighted by Crippen LogP contribution is 2.23. The standard InChI is InChI=1S/C20H26N6O3/c1-13-10-14(2)26-20(22-13)23-18(24-26)11-19(27)21-12-16(17-5-4-15(3)29-17)25-6-8-28-9-7-25/h4-5,10,16H,6-9,11-12H2,1-3H3,(H,21,27). The van der Waals surface area contributed by atoms with E-state index in [4.69, 9.17) is 9.15 Å². The third-order valence-corrected chi connectivity index (χ3v) is 5.05. The molecule has 9 heteroatoms. The Balaban J connectivity index is 1.43. The summed E-state index contributed by atoms with van der Waals surface area (Å²) >= 11 is 0. The van der Waals surface area contributed by atoms with E-state index in [1.165, 1.54) is 0 Å². The first-order chi connectivity index (χ1) is 14.0. The average Bonchev–Trinajstić information content (AvgIpc) is 3.29. The number of nitrogens with zero attached hydrogens (tertiary/aromatic N) is 5. The van der Waals surface area contributed by atoms with Gasteiger partial charge in [-0.2, -0.15) is 4.98 Å². The molecule has 1 amide bonds. The zero-order chi connectivity index (χ0) is 20.4. The van der Waals surface area contributed by atoms with Crippen LogP contribution in [0.2, 0.25) is 0 Å². The van der Waals surface area contributed by atoms with Crippen molar-refractivity contribution < 1.29 is 13.9 Å². The summed E-state index contributed by atoms with van der Waals surface area (Å²) in [6, 6.07) is 5.83. The fourth-order valence-corrected chi connectivity index (χ4v) is 3.63. The van der Waals surface area contributed by atoms with Gasteiger partial charge in [0.05, 0.1) is 25.7 Å². The zero-order valence-electron chi connectivity index (χ0n) is 17.0. The predicted molar refractivity (Wildman–Crippen MR) is 106 cm³/mol. The highest BCUT2D eigenvalue weighted by Gasteiger charge is 2.26. The maximum atomic E-state index is 12.6. The Morgan fingerprint density at radius 1 is 1.21 bits per heavy atom. The fraction of sp³-hybridized carbons (Fsp3) is 0.500. The second kappa shape index (κ2) is 8.30. The van der Waals surface area contributed by atoms with Gasteiger partial charge in [0.1, 0.15) is 11.5 Å². The maximum Gasteiger partial charge on any atom is 0.252 e. The summed E-state index contributed by atoms with van der Waals surface area (Å²) < 4.78 is 13.0. The van der Waals surface area contributed by atoms with E-state index in [1.807, 2.05) is 39.0 Å². The van der Waals surface area contributed by atoms with Crippen molar-refractivity contribution in [1.82, 2.24) is 29.8 Å². The van der Waals surface area contributed by atoms with Crippen LogP contribution >= 0.6 is 0 Å². The number of hydrogen-bond acceptors (Lipinski definition) is 7. The van der Waals surface area contributed by atoms with E-state index in [1.54, 1.807) is 4.52 Å². The molecule has 154 valence electrons. The van der Waals surface area contributed by atoms with Gasteiger partial charge in [0.15, 0.2) is 5.82 Å². The Labute approximate surface area is 169 Å². The normalized spacial score (nSPS) is 16.2. The average molecular weight is 398 g/mol. The van der Waals surface area contributed by atoms with E-state index < -0.39 is 0 Å². The number of carbonyl (C=O) groups is 1. The van der Waals surface area contributed by atoms with Crippen molar-refractivity contribution in [3.05, 3.63) is 46.9 Å². The molecule has 1 aliphatic rings. The maximum absolute atomic E-state index is 12.6. The number of hydrogen-bond donors (Lipinski definition) is 1. The Morgan fingerprint density at radius 2 is 2.00 bits per heavy atom. The van der Waals surface area contributed by atoms with Gasteiger partial charge >= 0.3 is 0 Å². The molecule has 0 bridgehead atoms. The Hall–Kier alpha value is -2.78. The Morgan fingerprint density at radius 3 is 2.72 bits per heavy atom. The molecule has 3 aromatic heterocycles. The number of ether oxygens (including phenoxy) is 1. The summed E-state index contributed by atoms with van der Waals surface area (Å²) in [5, 5.41) is 7.42. The summed E-state index contributed by atoms with van der Waals surface area (Å²) in [6.07, 6.45) is 0.106. The van der Waals surface area contributed by atoms with E-state index in [-0.39, 0.29) is 18.4 Å². The molecule has 0 aliphatic carbocycles. The number of rotatable bonds is 6. The van der Waals surface area contributed by atoms with Crippen LogP contribution in [0.4, 0.5) is 0 Å². The van der Waals surface area contributed by atoms with Crippen LogP contribution < -0.4 is 5.32 Å². The summed E-state index contributed by atoms with van der Waals surface area (Å²) in [5.74, 6) is 2.56. The van der Waals surface area contributed by atoms with Crippen LogP contribution in [-0.4, -0.2) is 63.2 Å². The minimum atomic E-state index is -0.128. The van der Waals surface area contributed by atoms with Gasteiger partial charge in [0.25, 0.3) is 5.78 Å². The largest absolute Gasteiger partial charge is 0.465 e. The second-order valence-electron chi connectivity index (χ2n) is 7.37. The molecule has 1 atom stereocenters. The Kier molecular flexibility index (Phi) is 5.59. The van der Waals surface area contributed by atoms with Crippen molar-refractivity contribution >= 4 is 11.7 Å². The highest BCUT2D eigenvalue weighted by atomic mass is 16.5. The lowest BCUT2D eigenvalue weighted by Crippen LogP contribution is -2.44. The number of furan rings is 1. The summed E-state index contributed by atoms with van der Waals surface area (Å²) in [6.45, 7) is 9.20. The molecule has 0 spiro atoms. The second-order valence-corrected chi connectivity index (χ2v) is 7.37. The molecule has 0 radical (unpaired) electrons. The van der Waals surface area contributed by atoms with Gasteiger partial charge in [0, 0.05) is 31.0 Å². The number of aromatic nitrogens is 4. The van der Waals surface area contributed by atoms with Gasteiger partial charge in [-0.3, -0.25) is 9.69 Å². The van der Waals surface area contributed by atoms with Gasteiger partial charge in [-0.25, -0.2) is 9.50 Å². The molecule has 4 rings (SSSR count). The van der Waals surface area contributed by atoms with Crippen molar-refractivity contribution in [2.24, 2.45) is 0 Å². The molecular weight excluding hydrogens is 372 g/mol. The molecule has 1 unspecified atom stereocenters. The lowest BCUT2D eigenvalue weighted by molar-refractivity contribution is -0.120. The number of amides is 1. The van der Waals surface area contributed by atoms with Crippen molar-refractivity contribution in [3.8, 4) is 0 Å². The van der Waals surface area contributed by atoms with Crippen LogP contribution in [-0.2, 0) is 16.0 Å². The van der Waals surface area contributed by atoms with Crippen molar-refractivity contribution in [2.45, 2.75) is 33.2 Å². The van der Waals surface area contributed by atoms with E-state index in [0.717, 1.165) is 36.0 Å². The van der Waals surface area contributed by atoms with E-state index in [9.17, 15) is 4.79 Å². The summed E-state index contributed by atoms with van der Waals surface area (Å²) in [4.78, 5) is 23.6. The van der Waals surface area contributed by atoms with Gasteiger partial charge in [-0.05, 0) is 39.0 Å². The first kappa shape index (κ1) is 19.5. The molecule has 0 saturated carbocycles. The first-order valence-electron chi connectivity index (χ1n) is 9.84. The van der Waals surface area contributed by atoms with Crippen molar-refractivity contribution in [3.63, 3.8) is 0 Å². The van der Waals surface area contributed by atoms with Gasteiger partial charge in [0.2, 0.25) is 5.91 Å². The Bertz CT molecular complexity index is 1000. The lowest BCUT2D eigenvalue weighted by atomic mass is 10.1. The minimum Gasteiger partial charge on any atom is -0.465 e. The molecule has 1 fully saturated rings. The van der Waals surface area contributed by atoms with E-state index >= 15 is 0 Å². The van der Waals surface area contributed by atoms with Crippen LogP contribution in [0.1, 0.15) is 34.8 Å². The molecule has 4 heterocycles. The van der Waals surface area contributed by atoms with Crippen LogP contribution in [0.25, 0.3) is 5.78 Å². The monoisotopic (exact) mass is 398 g/mol. The van der Waals surface area contributed by atoms with Crippen LogP contribution in [0.5, 0.6) is 0 Å². The lowest BCUT2D eigenvalue weighted by Gasteiger charge is -2.33. The third-order valence-electron chi connectivity index (χ3n) is 5.05. The molecule has 1 N–H and O–H groups in total. The van der Waals surface area contributed by atoms with Gasteiger partial charge < -0.3 is 14.5 Å². The van der Waals surface area contributed by atoms with Crippen LogP contribution in [0.3, 0.4) is 0 Å². The van der Waals surface area contributed by atoms with Crippen LogP contribution in [0.15, 0.2) is 22.6 Å². The van der Waals surface area contributed by atoms with Crippen molar-refractivity contribution in [2.75, 3.05) is 32.8 Å². The first-order valence-corrected chi connectivity index (χ1v) is 9.84. The van der Waals surface area contributed by atoms with E-state index in [2.05, 4.69) is 25.3 Å². The van der Waals surface area contributed by atoms with Gasteiger partial charge in [-0.1, -0.05) is 0 Å². The number of nitrogens with one attached hydrogen (secondary N) is 1.